The van der Waals surface area contributed by atoms with Crippen LogP contribution in [-0.4, -0.2) is 21.8 Å². The highest BCUT2D eigenvalue weighted by molar-refractivity contribution is 5.97. The van der Waals surface area contributed by atoms with Crippen molar-refractivity contribution in [2.75, 3.05) is 0 Å². The Morgan fingerprint density at radius 3 is 2.48 bits per heavy atom. The molecule has 130 valence electrons. The van der Waals surface area contributed by atoms with Gasteiger partial charge >= 0.3 is 12.1 Å². The normalized spacial score (nSPS) is 12.4. The largest absolute Gasteiger partial charge is 0.481 e. The Hall–Kier alpha value is -3.01. The quantitative estimate of drug-likeness (QED) is 0.612. The Morgan fingerprint density at radius 2 is 1.88 bits per heavy atom. The van der Waals surface area contributed by atoms with Crippen LogP contribution in [0.5, 0.6) is 0 Å². The minimum atomic E-state index is -4.53. The molecule has 4 nitrogen and oxygen atoms in total. The second kappa shape index (κ2) is 7.26. The van der Waals surface area contributed by atoms with Crippen LogP contribution in [0, 0.1) is 18.3 Å². The summed E-state index contributed by atoms with van der Waals surface area (Å²) in [6.07, 6.45) is 0.107. The fraction of sp³-hybridized carbons (Fsp3) is 0.222. The molecule has 0 amide bonds. The molecule has 0 spiro atoms. The summed E-state index contributed by atoms with van der Waals surface area (Å²) in [6, 6.07) is 7.67. The Morgan fingerprint density at radius 1 is 1.20 bits per heavy atom. The van der Waals surface area contributed by atoms with Crippen molar-refractivity contribution in [1.29, 1.82) is 0 Å². The number of halogens is 3. The summed E-state index contributed by atoms with van der Waals surface area (Å²) in [5.41, 5.74) is -0.755. The van der Waals surface area contributed by atoms with Crippen LogP contribution in [0.3, 0.4) is 0 Å². The zero-order valence-electron chi connectivity index (χ0n) is 12.9. The van der Waals surface area contributed by atoms with E-state index >= 15 is 0 Å². The fourth-order valence-corrected chi connectivity index (χ4v) is 2.40. The van der Waals surface area contributed by atoms with Crippen molar-refractivity contribution < 1.29 is 27.9 Å². The molecule has 1 aromatic heterocycles. The molecule has 7 heteroatoms. The molecular weight excluding hydrogens is 335 g/mol. The molecule has 25 heavy (non-hydrogen) atoms. The zero-order chi connectivity index (χ0) is 18.6. The molecule has 0 aliphatic heterocycles. The summed E-state index contributed by atoms with van der Waals surface area (Å²) in [4.78, 5) is 25.9. The Bertz CT molecular complexity index is 831. The van der Waals surface area contributed by atoms with Gasteiger partial charge in [-0.2, -0.15) is 13.2 Å². The lowest BCUT2D eigenvalue weighted by Crippen LogP contribution is -2.17. The van der Waals surface area contributed by atoms with Crippen molar-refractivity contribution in [1.82, 2.24) is 4.98 Å². The van der Waals surface area contributed by atoms with Crippen LogP contribution in [0.25, 0.3) is 11.3 Å². The lowest BCUT2D eigenvalue weighted by atomic mass is 9.98. The van der Waals surface area contributed by atoms with Crippen molar-refractivity contribution in [3.8, 4) is 23.6 Å². The van der Waals surface area contributed by atoms with Crippen LogP contribution in [0.4, 0.5) is 13.2 Å². The third-order valence-electron chi connectivity index (χ3n) is 3.65. The summed E-state index contributed by atoms with van der Waals surface area (Å²) in [6.45, 7) is 0. The number of terminal acetylenes is 1. The van der Waals surface area contributed by atoms with Gasteiger partial charge in [-0.05, 0) is 18.2 Å². The van der Waals surface area contributed by atoms with Crippen molar-refractivity contribution in [3.05, 3.63) is 47.7 Å². The monoisotopic (exact) mass is 349 g/mol. The lowest BCUT2D eigenvalue weighted by molar-refractivity contribution is -0.141. The number of hydrogen-bond acceptors (Lipinski definition) is 2. The maximum atomic E-state index is 13.1. The van der Waals surface area contributed by atoms with E-state index in [9.17, 15) is 22.8 Å². The number of carbonyl (C=O) groups excluding carboxylic acids is 1. The van der Waals surface area contributed by atoms with Gasteiger partial charge in [-0.3, -0.25) is 9.59 Å². The SMILES string of the molecule is C#CCC(CC(=O)c1ccc(-c2ccccc2C(F)(F)F)[nH]1)C(=O)O. The number of rotatable bonds is 6. The number of nitrogens with one attached hydrogen (secondary N) is 1. The molecule has 1 atom stereocenters. The van der Waals surface area contributed by atoms with Gasteiger partial charge in [0.05, 0.1) is 17.2 Å². The Kier molecular flexibility index (Phi) is 5.32. The average Bonchev–Trinajstić information content (AvgIpc) is 3.03. The number of H-pyrrole nitrogens is 1. The number of aromatic nitrogens is 1. The molecule has 2 aromatic rings. The number of ketones is 1. The third kappa shape index (κ3) is 4.29. The lowest BCUT2D eigenvalue weighted by Gasteiger charge is -2.11. The van der Waals surface area contributed by atoms with Gasteiger partial charge in [0, 0.05) is 24.1 Å². The minimum Gasteiger partial charge on any atom is -0.481 e. The number of aliphatic carboxylic acids is 1. The topological polar surface area (TPSA) is 70.2 Å². The number of aromatic amines is 1. The predicted molar refractivity (Wildman–Crippen MR) is 84.8 cm³/mol. The first-order valence-electron chi connectivity index (χ1n) is 7.29. The van der Waals surface area contributed by atoms with Crippen LogP contribution >= 0.6 is 0 Å². The molecule has 2 N–H and O–H groups in total. The van der Waals surface area contributed by atoms with Gasteiger partial charge in [0.25, 0.3) is 0 Å². The number of alkyl halides is 3. The second-order valence-electron chi connectivity index (χ2n) is 5.40. The highest BCUT2D eigenvalue weighted by Gasteiger charge is 2.33. The van der Waals surface area contributed by atoms with Crippen molar-refractivity contribution in [2.45, 2.75) is 19.0 Å². The molecule has 0 saturated heterocycles. The summed E-state index contributed by atoms with van der Waals surface area (Å²) in [5, 5.41) is 9.03. The fourth-order valence-electron chi connectivity index (χ4n) is 2.40. The molecule has 0 aliphatic rings. The van der Waals surface area contributed by atoms with E-state index in [-0.39, 0.29) is 29.8 Å². The van der Waals surface area contributed by atoms with Crippen LogP contribution in [-0.2, 0) is 11.0 Å². The van der Waals surface area contributed by atoms with Crippen molar-refractivity contribution in [2.24, 2.45) is 5.92 Å². The van der Waals surface area contributed by atoms with Gasteiger partial charge in [0.2, 0.25) is 0 Å². The predicted octanol–water partition coefficient (Wildman–Crippen LogP) is 4.00. The second-order valence-corrected chi connectivity index (χ2v) is 5.40. The van der Waals surface area contributed by atoms with Gasteiger partial charge < -0.3 is 10.1 Å². The minimum absolute atomic E-state index is 0.0373. The standard InChI is InChI=1S/C18H14F3NO3/c1-2-5-11(17(24)25)10-16(23)15-9-8-14(22-15)12-6-3-4-7-13(12)18(19,20)21/h1,3-4,6-9,11,22H,5,10H2,(H,24,25). The van der Waals surface area contributed by atoms with E-state index in [0.717, 1.165) is 6.07 Å². The molecule has 0 fully saturated rings. The van der Waals surface area contributed by atoms with Crippen molar-refractivity contribution >= 4 is 11.8 Å². The molecule has 0 bridgehead atoms. The van der Waals surface area contributed by atoms with Gasteiger partial charge in [0.15, 0.2) is 5.78 Å². The van der Waals surface area contributed by atoms with E-state index in [1.807, 2.05) is 0 Å². The van der Waals surface area contributed by atoms with Crippen LogP contribution in [0.15, 0.2) is 36.4 Å². The van der Waals surface area contributed by atoms with Gasteiger partial charge in [-0.15, -0.1) is 12.3 Å². The van der Waals surface area contributed by atoms with Crippen LogP contribution in [0.2, 0.25) is 0 Å². The van der Waals surface area contributed by atoms with Gasteiger partial charge in [-0.25, -0.2) is 0 Å². The average molecular weight is 349 g/mol. The van der Waals surface area contributed by atoms with Crippen LogP contribution < -0.4 is 0 Å². The number of carboxylic acids is 1. The smallest absolute Gasteiger partial charge is 0.417 e. The molecule has 1 aromatic carbocycles. The molecule has 1 heterocycles. The van der Waals surface area contributed by atoms with Crippen molar-refractivity contribution in [3.63, 3.8) is 0 Å². The zero-order valence-corrected chi connectivity index (χ0v) is 12.9. The summed E-state index contributed by atoms with van der Waals surface area (Å²) in [7, 11) is 0. The van der Waals surface area contributed by atoms with E-state index in [2.05, 4.69) is 10.9 Å². The van der Waals surface area contributed by atoms with Crippen LogP contribution in [0.1, 0.15) is 28.9 Å². The Labute approximate surface area is 141 Å². The van der Waals surface area contributed by atoms with E-state index in [1.54, 1.807) is 0 Å². The third-order valence-corrected chi connectivity index (χ3v) is 3.65. The first-order chi connectivity index (χ1) is 11.7. The number of carbonyl (C=O) groups is 2. The van der Waals surface area contributed by atoms with Gasteiger partial charge in [-0.1, -0.05) is 18.2 Å². The molecule has 2 rings (SSSR count). The first kappa shape index (κ1) is 18.3. The molecule has 0 radical (unpaired) electrons. The summed E-state index contributed by atoms with van der Waals surface area (Å²) >= 11 is 0. The molecular formula is C18H14F3NO3. The first-order valence-corrected chi connectivity index (χ1v) is 7.29. The van der Waals surface area contributed by atoms with E-state index in [0.29, 0.717) is 0 Å². The van der Waals surface area contributed by atoms with Gasteiger partial charge in [0.1, 0.15) is 0 Å². The van der Waals surface area contributed by atoms with E-state index in [4.69, 9.17) is 11.5 Å². The number of carboxylic acid groups (broad SMARTS) is 1. The Balaban J connectivity index is 2.28. The summed E-state index contributed by atoms with van der Waals surface area (Å²) in [5.74, 6) is -0.566. The molecule has 0 aliphatic carbocycles. The molecule has 0 saturated carbocycles. The number of Topliss-reactive ketones (excluding diaryl/α,β-unsaturated/α-hetero) is 1. The highest BCUT2D eigenvalue weighted by Crippen LogP contribution is 2.36. The maximum absolute atomic E-state index is 13.1. The van der Waals surface area contributed by atoms with E-state index in [1.165, 1.54) is 30.3 Å². The maximum Gasteiger partial charge on any atom is 0.417 e. The van der Waals surface area contributed by atoms with E-state index < -0.39 is 29.4 Å². The number of benzene rings is 1. The molecule has 1 unspecified atom stereocenters. The number of hydrogen-bond donors (Lipinski definition) is 2. The highest BCUT2D eigenvalue weighted by atomic mass is 19.4. The summed E-state index contributed by atoms with van der Waals surface area (Å²) < 4.78 is 39.2.